The zero-order chi connectivity index (χ0) is 21.5. The number of thiazole rings is 1. The molecule has 3 heterocycles. The zero-order valence-electron chi connectivity index (χ0n) is 17.0. The lowest BCUT2D eigenvalue weighted by atomic mass is 9.95. The van der Waals surface area contributed by atoms with Crippen LogP contribution >= 0.6 is 11.3 Å². The molecule has 10 heteroatoms. The normalized spacial score (nSPS) is 17.3. The van der Waals surface area contributed by atoms with Crippen LogP contribution < -0.4 is 19.5 Å². The summed E-state index contributed by atoms with van der Waals surface area (Å²) < 4.78 is 17.0. The van der Waals surface area contributed by atoms with Gasteiger partial charge >= 0.3 is 0 Å². The van der Waals surface area contributed by atoms with Crippen molar-refractivity contribution in [2.75, 3.05) is 32.8 Å². The van der Waals surface area contributed by atoms with Gasteiger partial charge < -0.3 is 19.5 Å². The van der Waals surface area contributed by atoms with Crippen LogP contribution in [0.25, 0.3) is 11.3 Å². The Labute approximate surface area is 182 Å². The molecule has 2 aliphatic rings. The summed E-state index contributed by atoms with van der Waals surface area (Å²) in [5.41, 5.74) is 3.83. The van der Waals surface area contributed by atoms with Crippen molar-refractivity contribution in [2.45, 2.75) is 12.6 Å². The highest BCUT2D eigenvalue weighted by molar-refractivity contribution is 7.14. The highest BCUT2D eigenvalue weighted by Gasteiger charge is 2.34. The molecule has 2 aliphatic heterocycles. The summed E-state index contributed by atoms with van der Waals surface area (Å²) >= 11 is 1.48. The van der Waals surface area contributed by atoms with E-state index in [0.29, 0.717) is 17.2 Å². The van der Waals surface area contributed by atoms with Crippen molar-refractivity contribution >= 4 is 22.2 Å². The number of ether oxygens (including phenoxy) is 3. The minimum absolute atomic E-state index is 0.0589. The number of nitrogens with one attached hydrogen (secondary N) is 1. The molecular formula is C21H20N4O5S. The van der Waals surface area contributed by atoms with Crippen LogP contribution in [0.1, 0.15) is 17.3 Å². The summed E-state index contributed by atoms with van der Waals surface area (Å²) in [4.78, 5) is 17.4. The number of nitro groups is 1. The van der Waals surface area contributed by atoms with Gasteiger partial charge in [-0.25, -0.2) is 4.98 Å². The second-order valence-electron chi connectivity index (χ2n) is 7.34. The average molecular weight is 440 g/mol. The third-order valence-corrected chi connectivity index (χ3v) is 6.31. The predicted octanol–water partition coefficient (Wildman–Crippen LogP) is 4.05. The van der Waals surface area contributed by atoms with Gasteiger partial charge in [-0.1, -0.05) is 0 Å². The van der Waals surface area contributed by atoms with Gasteiger partial charge in [-0.15, -0.1) is 11.3 Å². The van der Waals surface area contributed by atoms with Gasteiger partial charge in [0.2, 0.25) is 12.5 Å². The lowest BCUT2D eigenvalue weighted by Gasteiger charge is -2.36. The van der Waals surface area contributed by atoms with E-state index in [1.807, 2.05) is 11.4 Å². The topological polar surface area (TPSA) is 99.0 Å². The Kier molecular flexibility index (Phi) is 4.87. The van der Waals surface area contributed by atoms with Gasteiger partial charge in [0.1, 0.15) is 6.17 Å². The molecule has 1 N–H and O–H groups in total. The first-order chi connectivity index (χ1) is 15.0. The van der Waals surface area contributed by atoms with Crippen molar-refractivity contribution in [1.29, 1.82) is 0 Å². The van der Waals surface area contributed by atoms with Crippen molar-refractivity contribution < 1.29 is 19.1 Å². The van der Waals surface area contributed by atoms with Gasteiger partial charge in [-0.3, -0.25) is 15.0 Å². The van der Waals surface area contributed by atoms with E-state index in [2.05, 4.69) is 17.3 Å². The molecule has 1 atom stereocenters. The largest absolute Gasteiger partial charge is 0.492 e. The minimum Gasteiger partial charge on any atom is -0.492 e. The van der Waals surface area contributed by atoms with Crippen LogP contribution in [-0.2, 0) is 6.42 Å². The minimum atomic E-state index is -0.410. The summed E-state index contributed by atoms with van der Waals surface area (Å²) in [6, 6.07) is 8.43. The number of fused-ring (bicyclic) bond motifs is 2. The van der Waals surface area contributed by atoms with E-state index in [-0.39, 0.29) is 18.6 Å². The number of rotatable bonds is 5. The summed E-state index contributed by atoms with van der Waals surface area (Å²) in [5.74, 6) is 2.03. The van der Waals surface area contributed by atoms with Gasteiger partial charge in [0.15, 0.2) is 16.6 Å². The number of aromatic nitrogens is 1. The second kappa shape index (κ2) is 7.71. The predicted molar refractivity (Wildman–Crippen MR) is 116 cm³/mol. The van der Waals surface area contributed by atoms with E-state index < -0.39 is 4.92 Å². The van der Waals surface area contributed by atoms with Gasteiger partial charge in [0.25, 0.3) is 5.69 Å². The van der Waals surface area contributed by atoms with Crippen LogP contribution in [-0.4, -0.2) is 42.3 Å². The number of non-ortho nitro benzene ring substituents is 1. The molecule has 1 aromatic heterocycles. The summed E-state index contributed by atoms with van der Waals surface area (Å²) in [6.45, 7) is 1.06. The van der Waals surface area contributed by atoms with Crippen molar-refractivity contribution in [3.8, 4) is 28.5 Å². The monoisotopic (exact) mass is 440 g/mol. The number of nitrogens with zero attached hydrogens (tertiary/aromatic N) is 3. The molecule has 0 bridgehead atoms. The van der Waals surface area contributed by atoms with Crippen molar-refractivity contribution in [3.05, 3.63) is 57.0 Å². The van der Waals surface area contributed by atoms with Crippen LogP contribution in [0.3, 0.4) is 0 Å². The molecule has 2 aromatic carbocycles. The molecule has 5 rings (SSSR count). The number of hydrogen-bond acceptors (Lipinski definition) is 9. The van der Waals surface area contributed by atoms with E-state index in [4.69, 9.17) is 19.2 Å². The molecular weight excluding hydrogens is 420 g/mol. The van der Waals surface area contributed by atoms with Gasteiger partial charge in [0, 0.05) is 35.2 Å². The lowest BCUT2D eigenvalue weighted by Crippen LogP contribution is -2.37. The van der Waals surface area contributed by atoms with Gasteiger partial charge in [0.05, 0.1) is 17.7 Å². The lowest BCUT2D eigenvalue weighted by molar-refractivity contribution is -0.384. The molecule has 0 radical (unpaired) electrons. The molecule has 0 spiro atoms. The summed E-state index contributed by atoms with van der Waals surface area (Å²) in [7, 11) is 3.69. The highest BCUT2D eigenvalue weighted by atomic mass is 32.1. The van der Waals surface area contributed by atoms with Crippen LogP contribution in [0.5, 0.6) is 17.2 Å². The molecule has 0 saturated carbocycles. The number of anilines is 1. The van der Waals surface area contributed by atoms with E-state index in [0.717, 1.165) is 40.5 Å². The van der Waals surface area contributed by atoms with E-state index in [1.165, 1.54) is 23.5 Å². The molecule has 0 fully saturated rings. The fourth-order valence-corrected chi connectivity index (χ4v) is 4.70. The maximum absolute atomic E-state index is 10.9. The third kappa shape index (κ3) is 3.43. The SMILES string of the molecule is COc1c2c(cc3c1[C@@H](Nc1nc(-c4ccc([N+](=O)[O-])cc4)cs1)N(C)CC3)OCO2. The Balaban J connectivity index is 1.46. The van der Waals surface area contributed by atoms with Crippen molar-refractivity contribution in [1.82, 2.24) is 9.88 Å². The first kappa shape index (κ1) is 19.6. The van der Waals surface area contributed by atoms with E-state index >= 15 is 0 Å². The molecule has 0 aliphatic carbocycles. The third-order valence-electron chi connectivity index (χ3n) is 5.53. The Morgan fingerprint density at radius 3 is 2.87 bits per heavy atom. The molecule has 3 aromatic rings. The standard InChI is InChI=1S/C21H20N4O5S/c1-24-8-7-13-9-16-18(30-11-29-16)19(28-2)17(13)20(24)23-21-22-15(10-31-21)12-3-5-14(6-4-12)25(26)27/h3-6,9-10,20H,7-8,11H2,1-2H3,(H,22,23)/t20-/m0/s1. The zero-order valence-corrected chi connectivity index (χ0v) is 17.8. The van der Waals surface area contributed by atoms with E-state index in [1.54, 1.807) is 19.2 Å². The molecule has 0 amide bonds. The number of benzene rings is 2. The Morgan fingerprint density at radius 1 is 1.32 bits per heavy atom. The van der Waals surface area contributed by atoms with Gasteiger partial charge in [-0.2, -0.15) is 0 Å². The van der Waals surface area contributed by atoms with Gasteiger partial charge in [-0.05, 0) is 37.2 Å². The van der Waals surface area contributed by atoms with Crippen molar-refractivity contribution in [2.24, 2.45) is 0 Å². The second-order valence-corrected chi connectivity index (χ2v) is 8.19. The molecule has 0 unspecified atom stereocenters. The molecule has 31 heavy (non-hydrogen) atoms. The highest BCUT2D eigenvalue weighted by Crippen LogP contribution is 2.49. The smallest absolute Gasteiger partial charge is 0.269 e. The molecule has 9 nitrogen and oxygen atoms in total. The Morgan fingerprint density at radius 2 is 2.13 bits per heavy atom. The average Bonchev–Trinajstić information content (AvgIpc) is 3.44. The first-order valence-corrected chi connectivity index (χ1v) is 10.6. The fraction of sp³-hybridized carbons (Fsp3) is 0.286. The Hall–Kier alpha value is -3.37. The number of hydrogen-bond donors (Lipinski definition) is 1. The fourth-order valence-electron chi connectivity index (χ4n) is 3.96. The molecule has 0 saturated heterocycles. The maximum Gasteiger partial charge on any atom is 0.269 e. The van der Waals surface area contributed by atoms with Crippen LogP contribution in [0.2, 0.25) is 0 Å². The molecule has 160 valence electrons. The number of likely N-dealkylation sites (N-methyl/N-ethyl adjacent to an activating group) is 1. The number of nitro benzene ring substituents is 1. The van der Waals surface area contributed by atoms with Crippen LogP contribution in [0.4, 0.5) is 10.8 Å². The summed E-state index contributed by atoms with van der Waals surface area (Å²) in [5, 5.41) is 17.1. The van der Waals surface area contributed by atoms with Crippen LogP contribution in [0, 0.1) is 10.1 Å². The van der Waals surface area contributed by atoms with Crippen LogP contribution in [0.15, 0.2) is 35.7 Å². The quantitative estimate of drug-likeness (QED) is 0.469. The summed E-state index contributed by atoms with van der Waals surface area (Å²) in [6.07, 6.45) is 0.729. The van der Waals surface area contributed by atoms with Crippen molar-refractivity contribution in [3.63, 3.8) is 0 Å². The Bertz CT molecular complexity index is 1150. The number of methoxy groups -OCH3 is 1. The van der Waals surface area contributed by atoms with E-state index in [9.17, 15) is 10.1 Å². The first-order valence-electron chi connectivity index (χ1n) is 9.71. The maximum atomic E-state index is 10.9.